The highest BCUT2D eigenvalue weighted by molar-refractivity contribution is 5.74. The van der Waals surface area contributed by atoms with E-state index in [-0.39, 0.29) is 65.0 Å². The third-order valence-electron chi connectivity index (χ3n) is 5.65. The molecule has 0 atom stereocenters. The number of aliphatic carboxylic acids is 3. The molecule has 0 bridgehead atoms. The lowest BCUT2D eigenvalue weighted by atomic mass is 10.3. The molecule has 212 valence electrons. The first-order chi connectivity index (χ1) is 17.8. The standard InChI is InChI=1S/C22H28F4N4O8/c23-14-9-15(24)21(26)22(20(14)25)38-19(37)13-30-7-5-28(11-17(33)34)3-1-27(10-16(31)32)2-4-29(6-8-30)12-18(35)36/h9H,1-8,10-13H2,(H,31,32)(H,33,34)(H,35,36). The average Bonchev–Trinajstić information content (AvgIpc) is 2.81. The smallest absolute Gasteiger partial charge is 0.325 e. The minimum atomic E-state index is -1.89. The molecular formula is C22H28F4N4O8. The molecule has 0 unspecified atom stereocenters. The van der Waals surface area contributed by atoms with E-state index in [1.54, 1.807) is 4.90 Å². The quantitative estimate of drug-likeness (QED) is 0.159. The van der Waals surface area contributed by atoms with Crippen molar-refractivity contribution in [3.05, 3.63) is 29.3 Å². The summed E-state index contributed by atoms with van der Waals surface area (Å²) in [6, 6.07) is -0.0377. The molecule has 0 radical (unpaired) electrons. The Hall–Kier alpha value is -3.34. The normalized spacial score (nSPS) is 17.4. The van der Waals surface area contributed by atoms with E-state index in [2.05, 4.69) is 4.74 Å². The monoisotopic (exact) mass is 552 g/mol. The van der Waals surface area contributed by atoms with Crippen molar-refractivity contribution in [1.82, 2.24) is 19.6 Å². The second kappa shape index (κ2) is 14.6. The molecule has 0 saturated carbocycles. The molecule has 1 aromatic rings. The molecule has 0 spiro atoms. The van der Waals surface area contributed by atoms with E-state index in [9.17, 15) is 47.0 Å². The highest BCUT2D eigenvalue weighted by atomic mass is 19.2. The van der Waals surface area contributed by atoms with Crippen molar-refractivity contribution in [2.75, 3.05) is 78.5 Å². The van der Waals surface area contributed by atoms with Crippen molar-refractivity contribution in [3.8, 4) is 5.75 Å². The van der Waals surface area contributed by atoms with Crippen LogP contribution < -0.4 is 4.74 Å². The summed E-state index contributed by atoms with van der Waals surface area (Å²) < 4.78 is 59.3. The van der Waals surface area contributed by atoms with Crippen LogP contribution in [0, 0.1) is 23.3 Å². The number of hydrogen-bond acceptors (Lipinski definition) is 9. The Morgan fingerprint density at radius 2 is 0.895 bits per heavy atom. The van der Waals surface area contributed by atoms with Crippen LogP contribution in [0.5, 0.6) is 5.75 Å². The van der Waals surface area contributed by atoms with Gasteiger partial charge in [0.15, 0.2) is 11.6 Å². The molecule has 0 amide bonds. The molecule has 3 N–H and O–H groups in total. The van der Waals surface area contributed by atoms with E-state index < -0.39 is 72.5 Å². The molecule has 1 heterocycles. The van der Waals surface area contributed by atoms with Gasteiger partial charge in [0, 0.05) is 58.4 Å². The van der Waals surface area contributed by atoms with Crippen molar-refractivity contribution in [2.24, 2.45) is 0 Å². The first-order valence-electron chi connectivity index (χ1n) is 11.4. The van der Waals surface area contributed by atoms with Crippen LogP contribution in [0.25, 0.3) is 0 Å². The van der Waals surface area contributed by atoms with Crippen LogP contribution >= 0.6 is 0 Å². The number of carbonyl (C=O) groups excluding carboxylic acids is 1. The van der Waals surface area contributed by atoms with E-state index in [1.807, 2.05) is 0 Å². The number of carboxylic acids is 3. The van der Waals surface area contributed by atoms with Crippen LogP contribution in [0.4, 0.5) is 17.6 Å². The van der Waals surface area contributed by atoms with Crippen molar-refractivity contribution in [3.63, 3.8) is 0 Å². The van der Waals surface area contributed by atoms with Gasteiger partial charge in [-0.25, -0.2) is 8.78 Å². The molecule has 2 rings (SSSR count). The molecule has 0 aromatic heterocycles. The fourth-order valence-electron chi connectivity index (χ4n) is 3.75. The van der Waals surface area contributed by atoms with Gasteiger partial charge in [0.1, 0.15) is 0 Å². The third-order valence-corrected chi connectivity index (χ3v) is 5.65. The van der Waals surface area contributed by atoms with Crippen LogP contribution in [-0.2, 0) is 19.2 Å². The Bertz CT molecular complexity index is 973. The molecule has 1 aliphatic rings. The van der Waals surface area contributed by atoms with Gasteiger partial charge in [0.2, 0.25) is 17.4 Å². The van der Waals surface area contributed by atoms with Crippen molar-refractivity contribution >= 4 is 23.9 Å². The van der Waals surface area contributed by atoms with E-state index in [4.69, 9.17) is 5.11 Å². The molecule has 1 aromatic carbocycles. The minimum Gasteiger partial charge on any atom is -0.480 e. The summed E-state index contributed by atoms with van der Waals surface area (Å²) in [7, 11) is 0. The van der Waals surface area contributed by atoms with Gasteiger partial charge in [-0.15, -0.1) is 0 Å². The molecule has 1 aliphatic heterocycles. The first-order valence-corrected chi connectivity index (χ1v) is 11.4. The second-order valence-electron chi connectivity index (χ2n) is 8.56. The fourth-order valence-corrected chi connectivity index (χ4v) is 3.75. The van der Waals surface area contributed by atoms with Crippen molar-refractivity contribution in [1.29, 1.82) is 0 Å². The summed E-state index contributed by atoms with van der Waals surface area (Å²) >= 11 is 0. The maximum atomic E-state index is 13.9. The number of carbonyl (C=O) groups is 4. The molecule has 38 heavy (non-hydrogen) atoms. The molecular weight excluding hydrogens is 524 g/mol. The zero-order valence-corrected chi connectivity index (χ0v) is 20.2. The van der Waals surface area contributed by atoms with E-state index in [0.717, 1.165) is 0 Å². The zero-order chi connectivity index (χ0) is 28.4. The summed E-state index contributed by atoms with van der Waals surface area (Å²) in [6.45, 7) is -1.00. The number of carboxylic acid groups (broad SMARTS) is 3. The summed E-state index contributed by atoms with van der Waals surface area (Å²) in [5, 5.41) is 27.6. The van der Waals surface area contributed by atoms with Crippen molar-refractivity contribution in [2.45, 2.75) is 0 Å². The van der Waals surface area contributed by atoms with Gasteiger partial charge < -0.3 is 20.1 Å². The zero-order valence-electron chi connectivity index (χ0n) is 20.2. The minimum absolute atomic E-state index is 0.0185. The van der Waals surface area contributed by atoms with E-state index in [1.165, 1.54) is 14.7 Å². The first kappa shape index (κ1) is 30.9. The van der Waals surface area contributed by atoms with E-state index in [0.29, 0.717) is 0 Å². The Morgan fingerprint density at radius 1 is 0.605 bits per heavy atom. The summed E-state index contributed by atoms with van der Waals surface area (Å²) in [5.41, 5.74) is 0. The largest absolute Gasteiger partial charge is 0.480 e. The molecule has 0 aliphatic carbocycles. The Kier molecular flexibility index (Phi) is 11.8. The number of benzene rings is 1. The fraction of sp³-hybridized carbons (Fsp3) is 0.545. The number of nitrogens with zero attached hydrogens (tertiary/aromatic N) is 4. The maximum absolute atomic E-state index is 13.9. The number of ether oxygens (including phenoxy) is 1. The molecule has 12 nitrogen and oxygen atoms in total. The van der Waals surface area contributed by atoms with Gasteiger partial charge in [0.25, 0.3) is 0 Å². The van der Waals surface area contributed by atoms with Gasteiger partial charge in [0.05, 0.1) is 26.2 Å². The molecule has 16 heteroatoms. The van der Waals surface area contributed by atoms with Gasteiger partial charge in [-0.1, -0.05) is 0 Å². The number of rotatable bonds is 9. The number of esters is 1. The predicted octanol–water partition coefficient (Wildman–Crippen LogP) is -0.376. The Balaban J connectivity index is 2.20. The summed E-state index contributed by atoms with van der Waals surface area (Å²) in [5.74, 6) is -13.5. The van der Waals surface area contributed by atoms with Crippen LogP contribution in [-0.4, -0.2) is 137 Å². The SMILES string of the molecule is O=C(O)CN1CCN(CC(=O)O)CCN(CC(=O)Oc2c(F)c(F)cc(F)c2F)CCN(CC(=O)O)CC1. The van der Waals surface area contributed by atoms with Gasteiger partial charge in [-0.2, -0.15) is 8.78 Å². The van der Waals surface area contributed by atoms with Crippen molar-refractivity contribution < 1.29 is 56.8 Å². The Morgan fingerprint density at radius 3 is 1.18 bits per heavy atom. The van der Waals surface area contributed by atoms with Gasteiger partial charge >= 0.3 is 23.9 Å². The highest BCUT2D eigenvalue weighted by Gasteiger charge is 2.25. The second-order valence-corrected chi connectivity index (χ2v) is 8.56. The maximum Gasteiger partial charge on any atom is 0.325 e. The van der Waals surface area contributed by atoms with Crippen LogP contribution in [0.2, 0.25) is 0 Å². The van der Waals surface area contributed by atoms with Crippen LogP contribution in [0.1, 0.15) is 0 Å². The topological polar surface area (TPSA) is 151 Å². The van der Waals surface area contributed by atoms with Crippen LogP contribution in [0.3, 0.4) is 0 Å². The predicted molar refractivity (Wildman–Crippen MR) is 121 cm³/mol. The summed E-state index contributed by atoms with van der Waals surface area (Å²) in [6.07, 6.45) is 0. The van der Waals surface area contributed by atoms with Crippen LogP contribution in [0.15, 0.2) is 6.07 Å². The van der Waals surface area contributed by atoms with Gasteiger partial charge in [-0.05, 0) is 0 Å². The number of hydrogen-bond donors (Lipinski definition) is 3. The summed E-state index contributed by atoms with van der Waals surface area (Å²) in [4.78, 5) is 52.2. The van der Waals surface area contributed by atoms with E-state index >= 15 is 0 Å². The number of halogens is 4. The Labute approximate surface area is 214 Å². The molecule has 1 saturated heterocycles. The van der Waals surface area contributed by atoms with Gasteiger partial charge in [-0.3, -0.25) is 38.8 Å². The lowest BCUT2D eigenvalue weighted by molar-refractivity contribution is -0.141. The highest BCUT2D eigenvalue weighted by Crippen LogP contribution is 2.26. The molecule has 1 fully saturated rings. The lowest BCUT2D eigenvalue weighted by Gasteiger charge is -2.32. The lowest BCUT2D eigenvalue weighted by Crippen LogP contribution is -2.49. The third kappa shape index (κ3) is 10.2. The average molecular weight is 552 g/mol.